The molecule has 0 radical (unpaired) electrons. The number of anilines is 1. The summed E-state index contributed by atoms with van der Waals surface area (Å²) in [5.74, 6) is -1.09. The van der Waals surface area contributed by atoms with Gasteiger partial charge in [-0.15, -0.1) is 0 Å². The molecule has 92 valence electrons. The van der Waals surface area contributed by atoms with Gasteiger partial charge < -0.3 is 16.3 Å². The molecule has 0 saturated heterocycles. The van der Waals surface area contributed by atoms with E-state index in [1.165, 1.54) is 23.9 Å². The standard InChI is InChI=1S/C10H12FN3O2S/c1-17-5-8(15)13-7-4-2-3-6(11)9(7)10(12)14-16/h2-4,16H,5H2,1H3,(H2,12,14)(H,13,15). The van der Waals surface area contributed by atoms with E-state index < -0.39 is 5.82 Å². The minimum absolute atomic E-state index is 0.121. The Morgan fingerprint density at radius 3 is 2.94 bits per heavy atom. The van der Waals surface area contributed by atoms with Crippen molar-refractivity contribution in [2.24, 2.45) is 10.9 Å². The number of carbonyl (C=O) groups is 1. The van der Waals surface area contributed by atoms with Gasteiger partial charge in [0.05, 0.1) is 17.0 Å². The maximum atomic E-state index is 13.5. The molecule has 0 bridgehead atoms. The number of thioether (sulfide) groups is 1. The van der Waals surface area contributed by atoms with E-state index in [-0.39, 0.29) is 28.7 Å². The Kier molecular flexibility index (Phi) is 4.77. The van der Waals surface area contributed by atoms with Crippen LogP contribution in [0.15, 0.2) is 23.4 Å². The summed E-state index contributed by atoms with van der Waals surface area (Å²) >= 11 is 1.34. The molecule has 0 unspecified atom stereocenters. The van der Waals surface area contributed by atoms with Crippen molar-refractivity contribution in [2.75, 3.05) is 17.3 Å². The molecule has 0 aromatic heterocycles. The van der Waals surface area contributed by atoms with E-state index in [0.717, 1.165) is 6.07 Å². The van der Waals surface area contributed by atoms with Crippen molar-refractivity contribution in [3.63, 3.8) is 0 Å². The first kappa shape index (κ1) is 13.3. The lowest BCUT2D eigenvalue weighted by Crippen LogP contribution is -2.21. The molecule has 4 N–H and O–H groups in total. The van der Waals surface area contributed by atoms with Gasteiger partial charge >= 0.3 is 0 Å². The van der Waals surface area contributed by atoms with E-state index in [0.29, 0.717) is 0 Å². The van der Waals surface area contributed by atoms with Gasteiger partial charge in [-0.2, -0.15) is 11.8 Å². The second kappa shape index (κ2) is 6.09. The normalized spacial score (nSPS) is 11.3. The molecule has 5 nitrogen and oxygen atoms in total. The molecule has 1 rings (SSSR count). The lowest BCUT2D eigenvalue weighted by atomic mass is 10.1. The Morgan fingerprint density at radius 1 is 1.65 bits per heavy atom. The van der Waals surface area contributed by atoms with Crippen LogP contribution in [0.3, 0.4) is 0 Å². The zero-order valence-electron chi connectivity index (χ0n) is 9.11. The van der Waals surface area contributed by atoms with Crippen molar-refractivity contribution < 1.29 is 14.4 Å². The van der Waals surface area contributed by atoms with Crippen LogP contribution in [0.2, 0.25) is 0 Å². The number of nitrogens with one attached hydrogen (secondary N) is 1. The van der Waals surface area contributed by atoms with E-state index in [2.05, 4.69) is 10.5 Å². The molecule has 7 heteroatoms. The maximum Gasteiger partial charge on any atom is 0.234 e. The van der Waals surface area contributed by atoms with Crippen molar-refractivity contribution >= 4 is 29.2 Å². The Morgan fingerprint density at radius 2 is 2.35 bits per heavy atom. The van der Waals surface area contributed by atoms with Crippen molar-refractivity contribution in [2.45, 2.75) is 0 Å². The number of nitrogens with two attached hydrogens (primary N) is 1. The van der Waals surface area contributed by atoms with Gasteiger partial charge in [0.2, 0.25) is 5.91 Å². The van der Waals surface area contributed by atoms with Crippen LogP contribution in [0.5, 0.6) is 0 Å². The summed E-state index contributed by atoms with van der Waals surface area (Å²) in [5, 5.41) is 13.8. The predicted octanol–water partition coefficient (Wildman–Crippen LogP) is 1.22. The Hall–Kier alpha value is -1.76. The topological polar surface area (TPSA) is 87.7 Å². The summed E-state index contributed by atoms with van der Waals surface area (Å²) < 4.78 is 13.5. The number of hydrogen-bond donors (Lipinski definition) is 3. The lowest BCUT2D eigenvalue weighted by molar-refractivity contribution is -0.113. The first-order chi connectivity index (χ1) is 8.10. The molecule has 0 fully saturated rings. The fraction of sp³-hybridized carbons (Fsp3) is 0.200. The van der Waals surface area contributed by atoms with Crippen LogP contribution >= 0.6 is 11.8 Å². The fourth-order valence-electron chi connectivity index (χ4n) is 1.26. The van der Waals surface area contributed by atoms with Crippen LogP contribution in [0.25, 0.3) is 0 Å². The molecule has 0 spiro atoms. The number of rotatable bonds is 4. The summed E-state index contributed by atoms with van der Waals surface area (Å²) in [7, 11) is 0. The Balaban J connectivity index is 3.07. The van der Waals surface area contributed by atoms with E-state index >= 15 is 0 Å². The Labute approximate surface area is 102 Å². The summed E-state index contributed by atoms with van der Waals surface area (Å²) in [5.41, 5.74) is 5.41. The third-order valence-electron chi connectivity index (χ3n) is 1.93. The molecule has 0 aliphatic heterocycles. The number of oxime groups is 1. The molecule has 0 aliphatic carbocycles. The lowest BCUT2D eigenvalue weighted by Gasteiger charge is -2.10. The SMILES string of the molecule is CSCC(=O)Nc1cccc(F)c1C(N)=NO. The van der Waals surface area contributed by atoms with Gasteiger partial charge in [0.25, 0.3) is 0 Å². The van der Waals surface area contributed by atoms with Crippen LogP contribution in [-0.4, -0.2) is 29.0 Å². The molecule has 0 aliphatic rings. The third kappa shape index (κ3) is 3.35. The number of amidine groups is 1. The predicted molar refractivity (Wildman–Crippen MR) is 65.9 cm³/mol. The number of benzene rings is 1. The fourth-order valence-corrected chi connectivity index (χ4v) is 1.59. The van der Waals surface area contributed by atoms with Gasteiger partial charge in [-0.3, -0.25) is 4.79 Å². The summed E-state index contributed by atoms with van der Waals surface area (Å²) in [4.78, 5) is 11.4. The summed E-state index contributed by atoms with van der Waals surface area (Å²) in [6.45, 7) is 0. The number of carbonyl (C=O) groups excluding carboxylic acids is 1. The van der Waals surface area contributed by atoms with E-state index in [1.54, 1.807) is 6.26 Å². The van der Waals surface area contributed by atoms with Crippen molar-refractivity contribution in [1.29, 1.82) is 0 Å². The highest BCUT2D eigenvalue weighted by atomic mass is 32.2. The van der Waals surface area contributed by atoms with Crippen molar-refractivity contribution in [3.05, 3.63) is 29.6 Å². The van der Waals surface area contributed by atoms with Crippen molar-refractivity contribution in [1.82, 2.24) is 0 Å². The molecule has 1 aromatic carbocycles. The maximum absolute atomic E-state index is 13.5. The molecule has 17 heavy (non-hydrogen) atoms. The van der Waals surface area contributed by atoms with Crippen LogP contribution < -0.4 is 11.1 Å². The second-order valence-corrected chi connectivity index (χ2v) is 3.99. The molecular formula is C10H12FN3O2S. The first-order valence-electron chi connectivity index (χ1n) is 4.65. The highest BCUT2D eigenvalue weighted by Gasteiger charge is 2.14. The first-order valence-corrected chi connectivity index (χ1v) is 6.04. The van der Waals surface area contributed by atoms with E-state index in [9.17, 15) is 9.18 Å². The minimum atomic E-state index is -0.665. The van der Waals surface area contributed by atoms with E-state index in [1.807, 2.05) is 0 Å². The van der Waals surface area contributed by atoms with Gasteiger partial charge in [-0.05, 0) is 18.4 Å². The zero-order valence-corrected chi connectivity index (χ0v) is 9.92. The second-order valence-electron chi connectivity index (χ2n) is 3.13. The highest BCUT2D eigenvalue weighted by Crippen LogP contribution is 2.18. The van der Waals surface area contributed by atoms with Crippen LogP contribution in [0.4, 0.5) is 10.1 Å². The molecule has 0 atom stereocenters. The number of nitrogens with zero attached hydrogens (tertiary/aromatic N) is 1. The largest absolute Gasteiger partial charge is 0.409 e. The summed E-state index contributed by atoms with van der Waals surface area (Å²) in [6, 6.07) is 4.07. The third-order valence-corrected chi connectivity index (χ3v) is 2.48. The minimum Gasteiger partial charge on any atom is -0.409 e. The average Bonchev–Trinajstić information content (AvgIpc) is 2.28. The summed E-state index contributed by atoms with van der Waals surface area (Å²) in [6.07, 6.45) is 1.77. The molecular weight excluding hydrogens is 245 g/mol. The number of amides is 1. The molecule has 0 saturated carbocycles. The van der Waals surface area contributed by atoms with E-state index in [4.69, 9.17) is 10.9 Å². The monoisotopic (exact) mass is 257 g/mol. The number of halogens is 1. The Bertz CT molecular complexity index is 451. The highest BCUT2D eigenvalue weighted by molar-refractivity contribution is 7.99. The van der Waals surface area contributed by atoms with Crippen LogP contribution in [0.1, 0.15) is 5.56 Å². The van der Waals surface area contributed by atoms with Gasteiger partial charge in [-0.1, -0.05) is 11.2 Å². The average molecular weight is 257 g/mol. The van der Waals surface area contributed by atoms with Crippen molar-refractivity contribution in [3.8, 4) is 0 Å². The van der Waals surface area contributed by atoms with Crippen LogP contribution in [-0.2, 0) is 4.79 Å². The number of hydrogen-bond acceptors (Lipinski definition) is 4. The molecule has 1 amide bonds. The molecule has 0 heterocycles. The quantitative estimate of drug-likeness (QED) is 0.327. The zero-order chi connectivity index (χ0) is 12.8. The van der Waals surface area contributed by atoms with Gasteiger partial charge in [0.15, 0.2) is 5.84 Å². The van der Waals surface area contributed by atoms with Gasteiger partial charge in [-0.25, -0.2) is 4.39 Å². The smallest absolute Gasteiger partial charge is 0.234 e. The van der Waals surface area contributed by atoms with Crippen LogP contribution in [0, 0.1) is 5.82 Å². The van der Waals surface area contributed by atoms with Gasteiger partial charge in [0, 0.05) is 0 Å². The van der Waals surface area contributed by atoms with Gasteiger partial charge in [0.1, 0.15) is 5.82 Å². The molecule has 1 aromatic rings.